The maximum atomic E-state index is 12.4. The average molecular weight is 274 g/mol. The van der Waals surface area contributed by atoms with E-state index in [0.717, 1.165) is 10.5 Å². The number of pyridine rings is 1. The highest BCUT2D eigenvalue weighted by Crippen LogP contribution is 2.19. The van der Waals surface area contributed by atoms with Crippen LogP contribution in [0, 0.1) is 0 Å². The van der Waals surface area contributed by atoms with Crippen LogP contribution in [0.1, 0.15) is 12.1 Å². The van der Waals surface area contributed by atoms with Gasteiger partial charge in [0.1, 0.15) is 0 Å². The van der Waals surface area contributed by atoms with E-state index in [1.165, 1.54) is 0 Å². The van der Waals surface area contributed by atoms with Crippen molar-refractivity contribution < 1.29 is 8.78 Å². The molecule has 1 heterocycles. The predicted molar refractivity (Wildman–Crippen MR) is 57.2 cm³/mol. The molecule has 0 aliphatic rings. The summed E-state index contributed by atoms with van der Waals surface area (Å²) in [5, 5.41) is 0.397. The van der Waals surface area contributed by atoms with Gasteiger partial charge in [-0.15, -0.1) is 0 Å². The molecule has 2 aromatic rings. The van der Waals surface area contributed by atoms with Crippen LogP contribution in [-0.2, 0) is 0 Å². The average Bonchev–Trinajstić information content (AvgIpc) is 2.18. The van der Waals surface area contributed by atoms with Crippen molar-refractivity contribution >= 4 is 26.8 Å². The molecular formula is C10H6BrF2NO. The van der Waals surface area contributed by atoms with Gasteiger partial charge in [-0.1, -0.05) is 15.9 Å². The summed E-state index contributed by atoms with van der Waals surface area (Å²) in [6.45, 7) is 0. The fourth-order valence-corrected chi connectivity index (χ4v) is 1.72. The lowest BCUT2D eigenvalue weighted by atomic mass is 10.2. The van der Waals surface area contributed by atoms with Gasteiger partial charge in [-0.05, 0) is 18.2 Å². The molecule has 1 aromatic carbocycles. The van der Waals surface area contributed by atoms with Crippen LogP contribution in [0.15, 0.2) is 33.5 Å². The van der Waals surface area contributed by atoms with E-state index in [9.17, 15) is 13.6 Å². The van der Waals surface area contributed by atoms with Gasteiger partial charge in [-0.25, -0.2) is 8.78 Å². The minimum Gasteiger partial charge on any atom is -0.354 e. The zero-order valence-electron chi connectivity index (χ0n) is 7.43. The molecule has 0 saturated carbocycles. The molecule has 1 N–H and O–H groups in total. The number of rotatable bonds is 1. The monoisotopic (exact) mass is 273 g/mol. The first-order valence-electron chi connectivity index (χ1n) is 4.18. The molecule has 0 fully saturated rings. The number of nitrogens with one attached hydrogen (secondary N) is 1. The highest BCUT2D eigenvalue weighted by Gasteiger charge is 2.10. The van der Waals surface area contributed by atoms with Crippen molar-refractivity contribution in [3.05, 3.63) is 44.7 Å². The minimum absolute atomic E-state index is 0.352. The largest absolute Gasteiger partial charge is 0.354 e. The molecule has 0 aliphatic heterocycles. The summed E-state index contributed by atoms with van der Waals surface area (Å²) in [6.07, 6.45) is -2.66. The SMILES string of the molecule is O=c1cc(C(F)F)[nH]c2ccc(Br)cc12. The first-order valence-corrected chi connectivity index (χ1v) is 4.98. The van der Waals surface area contributed by atoms with Gasteiger partial charge in [0.2, 0.25) is 0 Å². The van der Waals surface area contributed by atoms with Crippen molar-refractivity contribution in [2.75, 3.05) is 0 Å². The summed E-state index contributed by atoms with van der Waals surface area (Å²) in [5.74, 6) is 0. The maximum absolute atomic E-state index is 12.4. The van der Waals surface area contributed by atoms with Gasteiger partial charge >= 0.3 is 0 Å². The Kier molecular flexibility index (Phi) is 2.56. The topological polar surface area (TPSA) is 32.9 Å². The van der Waals surface area contributed by atoms with Crippen LogP contribution in [0.4, 0.5) is 8.78 Å². The summed E-state index contributed by atoms with van der Waals surface area (Å²) in [6, 6.07) is 5.81. The Morgan fingerprint density at radius 3 is 2.67 bits per heavy atom. The third-order valence-electron chi connectivity index (χ3n) is 2.05. The van der Waals surface area contributed by atoms with Gasteiger partial charge in [0, 0.05) is 21.4 Å². The second-order valence-electron chi connectivity index (χ2n) is 3.08. The third kappa shape index (κ3) is 1.92. The Morgan fingerprint density at radius 2 is 2.00 bits per heavy atom. The molecule has 0 atom stereocenters. The van der Waals surface area contributed by atoms with Crippen molar-refractivity contribution in [1.29, 1.82) is 0 Å². The van der Waals surface area contributed by atoms with E-state index in [4.69, 9.17) is 0 Å². The van der Waals surface area contributed by atoms with Crippen molar-refractivity contribution in [1.82, 2.24) is 4.98 Å². The van der Waals surface area contributed by atoms with E-state index in [1.54, 1.807) is 18.2 Å². The van der Waals surface area contributed by atoms with Gasteiger partial charge in [0.25, 0.3) is 6.43 Å². The zero-order valence-corrected chi connectivity index (χ0v) is 9.01. The van der Waals surface area contributed by atoms with Crippen LogP contribution in [0.5, 0.6) is 0 Å². The predicted octanol–water partition coefficient (Wildman–Crippen LogP) is 3.23. The summed E-state index contributed by atoms with van der Waals surface area (Å²) < 4.78 is 25.5. The van der Waals surface area contributed by atoms with E-state index in [-0.39, 0.29) is 5.69 Å². The lowest BCUT2D eigenvalue weighted by Gasteiger charge is -2.03. The van der Waals surface area contributed by atoms with Gasteiger partial charge in [0.05, 0.1) is 5.69 Å². The number of benzene rings is 1. The van der Waals surface area contributed by atoms with E-state index < -0.39 is 11.9 Å². The maximum Gasteiger partial charge on any atom is 0.278 e. The van der Waals surface area contributed by atoms with Gasteiger partial charge in [-0.3, -0.25) is 4.79 Å². The van der Waals surface area contributed by atoms with Gasteiger partial charge in [-0.2, -0.15) is 0 Å². The quantitative estimate of drug-likeness (QED) is 0.850. The normalized spacial score (nSPS) is 11.2. The van der Waals surface area contributed by atoms with Crippen LogP contribution in [0.3, 0.4) is 0 Å². The molecule has 0 radical (unpaired) electrons. The smallest absolute Gasteiger partial charge is 0.278 e. The number of aromatic amines is 1. The first-order chi connectivity index (χ1) is 7.08. The molecule has 78 valence electrons. The third-order valence-corrected chi connectivity index (χ3v) is 2.54. The summed E-state index contributed by atoms with van der Waals surface area (Å²) in [5.41, 5.74) is -0.337. The fourth-order valence-electron chi connectivity index (χ4n) is 1.36. The molecule has 2 nitrogen and oxygen atoms in total. The molecular weight excluding hydrogens is 268 g/mol. The standard InChI is InChI=1S/C10H6BrF2NO/c11-5-1-2-7-6(3-5)9(15)4-8(14-7)10(12)13/h1-4,10H,(H,14,15). The van der Waals surface area contributed by atoms with Crippen LogP contribution in [-0.4, -0.2) is 4.98 Å². The fraction of sp³-hybridized carbons (Fsp3) is 0.100. The van der Waals surface area contributed by atoms with Gasteiger partial charge in [0.15, 0.2) is 5.43 Å². The van der Waals surface area contributed by atoms with E-state index in [1.807, 2.05) is 0 Å². The lowest BCUT2D eigenvalue weighted by Crippen LogP contribution is -2.05. The number of hydrogen-bond acceptors (Lipinski definition) is 1. The minimum atomic E-state index is -2.66. The number of alkyl halides is 2. The molecule has 1 aromatic heterocycles. The van der Waals surface area contributed by atoms with Crippen molar-refractivity contribution in [2.24, 2.45) is 0 Å². The van der Waals surface area contributed by atoms with Gasteiger partial charge < -0.3 is 4.98 Å². The lowest BCUT2D eigenvalue weighted by molar-refractivity contribution is 0.146. The molecule has 0 aliphatic carbocycles. The Bertz CT molecular complexity index is 565. The Hall–Kier alpha value is -1.23. The molecule has 0 spiro atoms. The number of fused-ring (bicyclic) bond motifs is 1. The molecule has 0 bridgehead atoms. The first kappa shape index (κ1) is 10.3. The van der Waals surface area contributed by atoms with Crippen LogP contribution in [0.2, 0.25) is 0 Å². The molecule has 0 saturated heterocycles. The molecule has 15 heavy (non-hydrogen) atoms. The van der Waals surface area contributed by atoms with Crippen molar-refractivity contribution in [3.63, 3.8) is 0 Å². The number of aromatic nitrogens is 1. The second-order valence-corrected chi connectivity index (χ2v) is 4.00. The number of H-pyrrole nitrogens is 1. The van der Waals surface area contributed by atoms with Crippen LogP contribution >= 0.6 is 15.9 Å². The Balaban J connectivity index is 2.79. The Labute approximate surface area is 92.1 Å². The van der Waals surface area contributed by atoms with E-state index >= 15 is 0 Å². The van der Waals surface area contributed by atoms with Crippen molar-refractivity contribution in [3.8, 4) is 0 Å². The molecule has 5 heteroatoms. The number of hydrogen-bond donors (Lipinski definition) is 1. The van der Waals surface area contributed by atoms with Crippen molar-refractivity contribution in [2.45, 2.75) is 6.43 Å². The summed E-state index contributed by atoms with van der Waals surface area (Å²) in [4.78, 5) is 14.0. The molecule has 0 unspecified atom stereocenters. The van der Waals surface area contributed by atoms with E-state index in [0.29, 0.717) is 10.9 Å². The Morgan fingerprint density at radius 1 is 1.27 bits per heavy atom. The molecule has 2 rings (SSSR count). The summed E-state index contributed by atoms with van der Waals surface area (Å²) in [7, 11) is 0. The summed E-state index contributed by atoms with van der Waals surface area (Å²) >= 11 is 3.21. The van der Waals surface area contributed by atoms with Crippen LogP contribution < -0.4 is 5.43 Å². The van der Waals surface area contributed by atoms with E-state index in [2.05, 4.69) is 20.9 Å². The highest BCUT2D eigenvalue weighted by atomic mass is 79.9. The second kappa shape index (κ2) is 3.73. The van der Waals surface area contributed by atoms with Crippen LogP contribution in [0.25, 0.3) is 10.9 Å². The number of halogens is 3. The highest BCUT2D eigenvalue weighted by molar-refractivity contribution is 9.10. The molecule has 0 amide bonds. The zero-order chi connectivity index (χ0) is 11.0.